The number of likely N-dealkylation sites (N-methyl/N-ethyl adjacent to an activating group) is 1. The number of ether oxygens (including phenoxy) is 2. The summed E-state index contributed by atoms with van der Waals surface area (Å²) in [5.41, 5.74) is 0. The van der Waals surface area contributed by atoms with Crippen molar-refractivity contribution in [2.45, 2.75) is 4.90 Å². The van der Waals surface area contributed by atoms with Crippen molar-refractivity contribution in [3.63, 3.8) is 0 Å². The van der Waals surface area contributed by atoms with Gasteiger partial charge in [0, 0.05) is 26.2 Å². The molecule has 7 nitrogen and oxygen atoms in total. The fourth-order valence-electron chi connectivity index (χ4n) is 2.13. The molecule has 0 aliphatic carbocycles. The quantitative estimate of drug-likeness (QED) is 0.761. The van der Waals surface area contributed by atoms with Crippen LogP contribution in [0.15, 0.2) is 23.1 Å². The van der Waals surface area contributed by atoms with Crippen LogP contribution >= 0.6 is 0 Å². The van der Waals surface area contributed by atoms with Crippen molar-refractivity contribution in [3.05, 3.63) is 18.2 Å². The van der Waals surface area contributed by atoms with Gasteiger partial charge in [-0.2, -0.15) is 4.31 Å². The van der Waals surface area contributed by atoms with Gasteiger partial charge in [0.1, 0.15) is 0 Å². The predicted molar refractivity (Wildman–Crippen MR) is 69.0 cm³/mol. The van der Waals surface area contributed by atoms with Gasteiger partial charge in [0.05, 0.1) is 11.4 Å². The molecule has 0 aromatic heterocycles. The monoisotopic (exact) mass is 298 g/mol. The van der Waals surface area contributed by atoms with Crippen LogP contribution in [0.2, 0.25) is 0 Å². The third-order valence-corrected chi connectivity index (χ3v) is 5.25. The van der Waals surface area contributed by atoms with Gasteiger partial charge in [-0.15, -0.1) is 0 Å². The van der Waals surface area contributed by atoms with Crippen LogP contribution in [0.4, 0.5) is 0 Å². The Hall–Kier alpha value is -1.80. The van der Waals surface area contributed by atoms with E-state index >= 15 is 0 Å². The van der Waals surface area contributed by atoms with Crippen LogP contribution in [0.1, 0.15) is 0 Å². The van der Waals surface area contributed by atoms with E-state index in [4.69, 9.17) is 9.47 Å². The van der Waals surface area contributed by atoms with Gasteiger partial charge in [-0.25, -0.2) is 8.42 Å². The number of hydrogen-bond acceptors (Lipinski definition) is 5. The van der Waals surface area contributed by atoms with Gasteiger partial charge in [-0.05, 0) is 12.1 Å². The first-order valence-corrected chi connectivity index (χ1v) is 7.56. The fourth-order valence-corrected chi connectivity index (χ4v) is 3.52. The van der Waals surface area contributed by atoms with E-state index in [9.17, 15) is 13.2 Å². The number of sulfonamides is 1. The van der Waals surface area contributed by atoms with Gasteiger partial charge < -0.3 is 14.4 Å². The third-order valence-electron chi connectivity index (χ3n) is 3.40. The summed E-state index contributed by atoms with van der Waals surface area (Å²) < 4.78 is 36.5. The summed E-state index contributed by atoms with van der Waals surface area (Å²) in [6, 6.07) is 4.46. The van der Waals surface area contributed by atoms with E-state index in [-0.39, 0.29) is 24.1 Å². The second kappa shape index (κ2) is 4.64. The molecule has 1 saturated heterocycles. The molecular weight excluding hydrogens is 284 g/mol. The highest BCUT2D eigenvalue weighted by Crippen LogP contribution is 2.34. The Bertz CT molecular complexity index is 658. The summed E-state index contributed by atoms with van der Waals surface area (Å²) in [4.78, 5) is 13.3. The first kappa shape index (κ1) is 13.2. The topological polar surface area (TPSA) is 76.2 Å². The van der Waals surface area contributed by atoms with Crippen molar-refractivity contribution in [3.8, 4) is 11.5 Å². The molecule has 8 heteroatoms. The Morgan fingerprint density at radius 1 is 1.15 bits per heavy atom. The Balaban J connectivity index is 1.90. The van der Waals surface area contributed by atoms with Crippen LogP contribution in [-0.4, -0.2) is 57.0 Å². The minimum Gasteiger partial charge on any atom is -0.454 e. The van der Waals surface area contributed by atoms with E-state index < -0.39 is 10.0 Å². The maximum Gasteiger partial charge on any atom is 0.243 e. The van der Waals surface area contributed by atoms with E-state index in [0.717, 1.165) is 0 Å². The molecule has 1 fully saturated rings. The van der Waals surface area contributed by atoms with Gasteiger partial charge in [0.2, 0.25) is 22.7 Å². The summed E-state index contributed by atoms with van der Waals surface area (Å²) in [6.07, 6.45) is 0. The molecule has 0 radical (unpaired) electrons. The van der Waals surface area contributed by atoms with Crippen molar-refractivity contribution in [1.29, 1.82) is 0 Å². The summed E-state index contributed by atoms with van der Waals surface area (Å²) in [6.45, 7) is 0.640. The predicted octanol–water partition coefficient (Wildman–Crippen LogP) is -0.122. The normalized spacial score (nSPS) is 19.4. The lowest BCUT2D eigenvalue weighted by molar-refractivity contribution is -0.132. The fraction of sp³-hybridized carbons (Fsp3) is 0.417. The van der Waals surface area contributed by atoms with E-state index in [2.05, 4.69) is 0 Å². The van der Waals surface area contributed by atoms with Crippen LogP contribution in [0.3, 0.4) is 0 Å². The molecule has 2 heterocycles. The molecule has 0 atom stereocenters. The zero-order valence-corrected chi connectivity index (χ0v) is 11.7. The van der Waals surface area contributed by atoms with Gasteiger partial charge >= 0.3 is 0 Å². The molecule has 1 aromatic rings. The average molecular weight is 298 g/mol. The molecule has 108 valence electrons. The average Bonchev–Trinajstić information content (AvgIpc) is 2.89. The Labute approximate surface area is 116 Å². The van der Waals surface area contributed by atoms with E-state index in [1.807, 2.05) is 0 Å². The standard InChI is InChI=1S/C12H14N2O5S/c1-13-4-5-14(7-12(13)15)20(16,17)9-2-3-10-11(6-9)19-8-18-10/h2-3,6H,4-5,7-8H2,1H3. The number of nitrogens with zero attached hydrogens (tertiary/aromatic N) is 2. The Kier molecular flexibility index (Phi) is 3.06. The zero-order valence-electron chi connectivity index (χ0n) is 10.9. The van der Waals surface area contributed by atoms with Gasteiger partial charge in [0.25, 0.3) is 0 Å². The molecule has 0 bridgehead atoms. The minimum atomic E-state index is -3.69. The van der Waals surface area contributed by atoms with Crippen molar-refractivity contribution in [1.82, 2.24) is 9.21 Å². The molecule has 0 unspecified atom stereocenters. The van der Waals surface area contributed by atoms with Crippen LogP contribution in [-0.2, 0) is 14.8 Å². The molecular formula is C12H14N2O5S. The smallest absolute Gasteiger partial charge is 0.243 e. The maximum absolute atomic E-state index is 12.5. The van der Waals surface area contributed by atoms with Gasteiger partial charge in [-0.1, -0.05) is 0 Å². The minimum absolute atomic E-state index is 0.0891. The van der Waals surface area contributed by atoms with Crippen LogP contribution in [0, 0.1) is 0 Å². The van der Waals surface area contributed by atoms with Crippen molar-refractivity contribution in [2.75, 3.05) is 33.5 Å². The van der Waals surface area contributed by atoms with E-state index in [1.54, 1.807) is 13.1 Å². The van der Waals surface area contributed by atoms with Gasteiger partial charge in [-0.3, -0.25) is 4.79 Å². The summed E-state index contributed by atoms with van der Waals surface area (Å²) >= 11 is 0. The van der Waals surface area contributed by atoms with E-state index in [1.165, 1.54) is 21.3 Å². The second-order valence-electron chi connectivity index (χ2n) is 4.67. The molecule has 1 aromatic carbocycles. The number of carbonyl (C=O) groups is 1. The second-order valence-corrected chi connectivity index (χ2v) is 6.61. The number of fused-ring (bicyclic) bond motifs is 1. The number of carbonyl (C=O) groups excluding carboxylic acids is 1. The molecule has 20 heavy (non-hydrogen) atoms. The van der Waals surface area contributed by atoms with Gasteiger partial charge in [0.15, 0.2) is 11.5 Å². The lowest BCUT2D eigenvalue weighted by Crippen LogP contribution is -2.50. The molecule has 0 N–H and O–H groups in total. The van der Waals surface area contributed by atoms with Crippen LogP contribution in [0.25, 0.3) is 0 Å². The molecule has 0 spiro atoms. The highest BCUT2D eigenvalue weighted by molar-refractivity contribution is 7.89. The SMILES string of the molecule is CN1CCN(S(=O)(=O)c2ccc3c(c2)OCO3)CC1=O. The highest BCUT2D eigenvalue weighted by Gasteiger charge is 2.32. The number of benzene rings is 1. The first-order chi connectivity index (χ1) is 9.48. The number of rotatable bonds is 2. The lowest BCUT2D eigenvalue weighted by Gasteiger charge is -2.31. The lowest BCUT2D eigenvalue weighted by atomic mass is 10.3. The Morgan fingerprint density at radius 2 is 1.90 bits per heavy atom. The maximum atomic E-state index is 12.5. The third kappa shape index (κ3) is 2.10. The molecule has 3 rings (SSSR count). The molecule has 2 aliphatic heterocycles. The van der Waals surface area contributed by atoms with Crippen molar-refractivity contribution < 1.29 is 22.7 Å². The zero-order chi connectivity index (χ0) is 14.3. The first-order valence-electron chi connectivity index (χ1n) is 6.12. The number of hydrogen-bond donors (Lipinski definition) is 0. The number of amides is 1. The summed E-state index contributed by atoms with van der Waals surface area (Å²) in [5, 5.41) is 0. The highest BCUT2D eigenvalue weighted by atomic mass is 32.2. The number of piperazine rings is 1. The van der Waals surface area contributed by atoms with Crippen LogP contribution in [0.5, 0.6) is 11.5 Å². The van der Waals surface area contributed by atoms with Crippen LogP contribution < -0.4 is 9.47 Å². The summed E-state index contributed by atoms with van der Waals surface area (Å²) in [7, 11) is -2.03. The largest absolute Gasteiger partial charge is 0.454 e. The summed E-state index contributed by atoms with van der Waals surface area (Å²) in [5.74, 6) is 0.727. The van der Waals surface area contributed by atoms with Crippen molar-refractivity contribution >= 4 is 15.9 Å². The Morgan fingerprint density at radius 3 is 2.65 bits per heavy atom. The molecule has 1 amide bonds. The molecule has 0 saturated carbocycles. The van der Waals surface area contributed by atoms with Crippen molar-refractivity contribution in [2.24, 2.45) is 0 Å². The molecule has 2 aliphatic rings. The van der Waals surface area contributed by atoms with E-state index in [0.29, 0.717) is 24.6 Å².